The van der Waals surface area contributed by atoms with Crippen molar-refractivity contribution in [1.82, 2.24) is 25.0 Å². The molecule has 0 aromatic carbocycles. The van der Waals surface area contributed by atoms with E-state index >= 15 is 0 Å². The fourth-order valence-electron chi connectivity index (χ4n) is 3.75. The maximum Gasteiger partial charge on any atom is 0.235 e. The normalized spacial score (nSPS) is 24.2. The zero-order chi connectivity index (χ0) is 16.1. The molecule has 3 rings (SSSR count). The summed E-state index contributed by atoms with van der Waals surface area (Å²) in [4.78, 5) is 18.6. The van der Waals surface area contributed by atoms with Crippen LogP contribution in [0.2, 0.25) is 0 Å². The molecule has 1 aromatic rings. The number of likely N-dealkylation sites (tertiary alicyclic amines) is 1. The molecular formula is C16H24N6O. The highest BCUT2D eigenvalue weighted by atomic mass is 16.2. The molecule has 124 valence electrons. The number of rotatable bonds is 5. The molecule has 1 saturated heterocycles. The van der Waals surface area contributed by atoms with Crippen LogP contribution in [0.15, 0.2) is 12.7 Å². The van der Waals surface area contributed by atoms with Gasteiger partial charge in [0.25, 0.3) is 0 Å². The van der Waals surface area contributed by atoms with Gasteiger partial charge < -0.3 is 5.32 Å². The quantitative estimate of drug-likeness (QED) is 0.878. The van der Waals surface area contributed by atoms with E-state index in [1.54, 1.807) is 6.33 Å². The standard InChI is InChI=1S/C16H24N6O/c17-11-16(6-2-3-7-16)20-15(23)10-21-8-4-1-5-14(21)9-22-13-18-12-19-22/h12-14H,1-10H2,(H,20,23)/t14-/m1/s1. The average molecular weight is 316 g/mol. The summed E-state index contributed by atoms with van der Waals surface area (Å²) >= 11 is 0. The van der Waals surface area contributed by atoms with E-state index < -0.39 is 5.54 Å². The number of carbonyl (C=O) groups is 1. The molecule has 1 aliphatic carbocycles. The van der Waals surface area contributed by atoms with Gasteiger partial charge in [0, 0.05) is 6.04 Å². The van der Waals surface area contributed by atoms with E-state index in [9.17, 15) is 10.1 Å². The zero-order valence-electron chi connectivity index (χ0n) is 13.4. The number of hydrogen-bond acceptors (Lipinski definition) is 5. The lowest BCUT2D eigenvalue weighted by Gasteiger charge is -2.35. The summed E-state index contributed by atoms with van der Waals surface area (Å²) in [6.07, 6.45) is 10.2. The van der Waals surface area contributed by atoms with Crippen molar-refractivity contribution in [2.75, 3.05) is 13.1 Å². The fraction of sp³-hybridized carbons (Fsp3) is 0.750. The highest BCUT2D eigenvalue weighted by molar-refractivity contribution is 5.79. The summed E-state index contributed by atoms with van der Waals surface area (Å²) in [7, 11) is 0. The number of nitrogens with one attached hydrogen (secondary N) is 1. The van der Waals surface area contributed by atoms with Crippen molar-refractivity contribution in [2.45, 2.75) is 63.1 Å². The summed E-state index contributed by atoms with van der Waals surface area (Å²) in [5.41, 5.74) is -0.631. The first-order chi connectivity index (χ1) is 11.2. The number of piperidine rings is 1. The van der Waals surface area contributed by atoms with E-state index in [4.69, 9.17) is 0 Å². The number of nitriles is 1. The first-order valence-electron chi connectivity index (χ1n) is 8.49. The number of hydrogen-bond donors (Lipinski definition) is 1. The smallest absolute Gasteiger partial charge is 0.235 e. The molecule has 2 aliphatic rings. The molecular weight excluding hydrogens is 292 g/mol. The van der Waals surface area contributed by atoms with Crippen molar-refractivity contribution in [1.29, 1.82) is 5.26 Å². The van der Waals surface area contributed by atoms with Gasteiger partial charge in [-0.3, -0.25) is 14.4 Å². The van der Waals surface area contributed by atoms with Crippen LogP contribution in [0.1, 0.15) is 44.9 Å². The van der Waals surface area contributed by atoms with Crippen LogP contribution in [0.5, 0.6) is 0 Å². The second-order valence-corrected chi connectivity index (χ2v) is 6.69. The summed E-state index contributed by atoms with van der Waals surface area (Å²) in [5, 5.41) is 16.6. The molecule has 2 fully saturated rings. The van der Waals surface area contributed by atoms with Crippen LogP contribution in [-0.4, -0.2) is 50.2 Å². The van der Waals surface area contributed by atoms with Crippen LogP contribution < -0.4 is 5.32 Å². The summed E-state index contributed by atoms with van der Waals surface area (Å²) in [6, 6.07) is 2.62. The minimum absolute atomic E-state index is 0.0288. The lowest BCUT2D eigenvalue weighted by molar-refractivity contribution is -0.124. The third-order valence-corrected chi connectivity index (χ3v) is 5.01. The minimum Gasteiger partial charge on any atom is -0.337 e. The number of carbonyl (C=O) groups excluding carboxylic acids is 1. The third-order valence-electron chi connectivity index (χ3n) is 5.01. The molecule has 1 aliphatic heterocycles. The van der Waals surface area contributed by atoms with Gasteiger partial charge >= 0.3 is 0 Å². The molecule has 1 amide bonds. The Labute approximate surface area is 136 Å². The van der Waals surface area contributed by atoms with Gasteiger partial charge in [0.15, 0.2) is 0 Å². The van der Waals surface area contributed by atoms with Gasteiger partial charge in [-0.15, -0.1) is 0 Å². The predicted octanol–water partition coefficient (Wildman–Crippen LogP) is 1.09. The predicted molar refractivity (Wildman–Crippen MR) is 84.2 cm³/mol. The Kier molecular flexibility index (Phi) is 4.91. The Balaban J connectivity index is 1.58. The molecule has 1 N–H and O–H groups in total. The molecule has 23 heavy (non-hydrogen) atoms. The van der Waals surface area contributed by atoms with E-state index in [0.29, 0.717) is 12.6 Å². The Morgan fingerprint density at radius 2 is 2.17 bits per heavy atom. The van der Waals surface area contributed by atoms with E-state index in [1.165, 1.54) is 12.7 Å². The molecule has 0 bridgehead atoms. The van der Waals surface area contributed by atoms with E-state index in [-0.39, 0.29) is 5.91 Å². The van der Waals surface area contributed by atoms with Gasteiger partial charge in [-0.25, -0.2) is 4.98 Å². The van der Waals surface area contributed by atoms with Crippen LogP contribution in [0, 0.1) is 11.3 Å². The Morgan fingerprint density at radius 3 is 2.87 bits per heavy atom. The van der Waals surface area contributed by atoms with Crippen molar-refractivity contribution in [2.24, 2.45) is 0 Å². The van der Waals surface area contributed by atoms with Gasteiger partial charge in [0.1, 0.15) is 18.2 Å². The number of amides is 1. The van der Waals surface area contributed by atoms with Crippen molar-refractivity contribution in [3.8, 4) is 6.07 Å². The molecule has 0 unspecified atom stereocenters. The molecule has 7 heteroatoms. The average Bonchev–Trinajstić information content (AvgIpc) is 3.21. The van der Waals surface area contributed by atoms with E-state index in [0.717, 1.165) is 51.6 Å². The minimum atomic E-state index is -0.631. The van der Waals surface area contributed by atoms with Crippen LogP contribution in [0.4, 0.5) is 0 Å². The van der Waals surface area contributed by atoms with Gasteiger partial charge in [0.2, 0.25) is 5.91 Å². The molecule has 0 radical (unpaired) electrons. The Bertz CT molecular complexity index is 558. The first-order valence-corrected chi connectivity index (χ1v) is 8.49. The second-order valence-electron chi connectivity index (χ2n) is 6.69. The molecule has 1 saturated carbocycles. The largest absolute Gasteiger partial charge is 0.337 e. The highest BCUT2D eigenvalue weighted by Gasteiger charge is 2.36. The first kappa shape index (κ1) is 15.9. The van der Waals surface area contributed by atoms with E-state index in [2.05, 4.69) is 26.4 Å². The summed E-state index contributed by atoms with van der Waals surface area (Å²) in [6.45, 7) is 2.05. The molecule has 0 spiro atoms. The molecule has 7 nitrogen and oxygen atoms in total. The fourth-order valence-corrected chi connectivity index (χ4v) is 3.75. The lowest BCUT2D eigenvalue weighted by Crippen LogP contribution is -2.52. The van der Waals surface area contributed by atoms with Crippen LogP contribution in [0.25, 0.3) is 0 Å². The van der Waals surface area contributed by atoms with Gasteiger partial charge in [0.05, 0.1) is 19.2 Å². The van der Waals surface area contributed by atoms with Gasteiger partial charge in [-0.1, -0.05) is 6.42 Å². The maximum absolute atomic E-state index is 12.4. The van der Waals surface area contributed by atoms with Crippen molar-refractivity contribution in [3.63, 3.8) is 0 Å². The van der Waals surface area contributed by atoms with Gasteiger partial charge in [-0.2, -0.15) is 10.4 Å². The van der Waals surface area contributed by atoms with Crippen molar-refractivity contribution in [3.05, 3.63) is 12.7 Å². The van der Waals surface area contributed by atoms with Crippen LogP contribution in [0.3, 0.4) is 0 Å². The monoisotopic (exact) mass is 316 g/mol. The molecule has 1 atom stereocenters. The zero-order valence-corrected chi connectivity index (χ0v) is 13.4. The van der Waals surface area contributed by atoms with E-state index in [1.807, 2.05) is 4.68 Å². The van der Waals surface area contributed by atoms with Gasteiger partial charge in [-0.05, 0) is 45.1 Å². The molecule has 1 aromatic heterocycles. The number of nitrogens with zero attached hydrogens (tertiary/aromatic N) is 5. The summed E-state index contributed by atoms with van der Waals surface area (Å²) in [5.74, 6) is -0.0288. The Morgan fingerprint density at radius 1 is 1.35 bits per heavy atom. The summed E-state index contributed by atoms with van der Waals surface area (Å²) < 4.78 is 1.83. The third kappa shape index (κ3) is 3.88. The van der Waals surface area contributed by atoms with Crippen LogP contribution in [-0.2, 0) is 11.3 Å². The highest BCUT2D eigenvalue weighted by Crippen LogP contribution is 2.29. The SMILES string of the molecule is N#CC1(NC(=O)CN2CCCC[C@@H]2Cn2cncn2)CCCC1. The lowest BCUT2D eigenvalue weighted by atomic mass is 9.99. The van der Waals surface area contributed by atoms with Crippen LogP contribution >= 0.6 is 0 Å². The second kappa shape index (κ2) is 7.09. The maximum atomic E-state index is 12.4. The van der Waals surface area contributed by atoms with Crippen molar-refractivity contribution >= 4 is 5.91 Å². The Hall–Kier alpha value is -1.94. The molecule has 2 heterocycles. The van der Waals surface area contributed by atoms with Crippen molar-refractivity contribution < 1.29 is 4.79 Å². The topological polar surface area (TPSA) is 86.8 Å². The number of aromatic nitrogens is 3.